The van der Waals surface area contributed by atoms with Gasteiger partial charge in [-0.05, 0) is 61.6 Å². The fourth-order valence-electron chi connectivity index (χ4n) is 5.27. The highest BCUT2D eigenvalue weighted by molar-refractivity contribution is 5.99. The molecule has 0 radical (unpaired) electrons. The minimum atomic E-state index is -0.0776. The monoisotopic (exact) mass is 478 g/mol. The highest BCUT2D eigenvalue weighted by atomic mass is 16.6. The average molecular weight is 479 g/mol. The standard InChI is InChI=1S/C28H34N2O5/c1-33-24-10-12-29(13-11-24)19-20-2-4-22(5-3-20)28(32)30-14-8-21(9-15-30)27(31)23-6-7-25-26(18-23)35-17-16-34-25/h2-7,18,21,24H,8-17,19H2,1H3. The van der Waals surface area contributed by atoms with Gasteiger partial charge in [-0.1, -0.05) is 12.1 Å². The zero-order valence-electron chi connectivity index (χ0n) is 20.4. The van der Waals surface area contributed by atoms with Crippen LogP contribution in [0.4, 0.5) is 0 Å². The van der Waals surface area contributed by atoms with Gasteiger partial charge in [0.2, 0.25) is 0 Å². The van der Waals surface area contributed by atoms with Gasteiger partial charge in [0, 0.05) is 56.9 Å². The molecule has 2 aromatic carbocycles. The van der Waals surface area contributed by atoms with E-state index >= 15 is 0 Å². The predicted octanol–water partition coefficient (Wildman–Crippen LogP) is 3.80. The molecular formula is C28H34N2O5. The van der Waals surface area contributed by atoms with E-state index in [0.29, 0.717) is 67.9 Å². The Balaban J connectivity index is 1.12. The van der Waals surface area contributed by atoms with Crippen molar-refractivity contribution in [1.82, 2.24) is 9.80 Å². The lowest BCUT2D eigenvalue weighted by molar-refractivity contribution is 0.0388. The van der Waals surface area contributed by atoms with Crippen molar-refractivity contribution < 1.29 is 23.8 Å². The Hall–Kier alpha value is -2.90. The van der Waals surface area contributed by atoms with Crippen molar-refractivity contribution in [1.29, 1.82) is 0 Å². The minimum Gasteiger partial charge on any atom is -0.486 e. The first-order valence-corrected chi connectivity index (χ1v) is 12.7. The van der Waals surface area contributed by atoms with Crippen LogP contribution in [0, 0.1) is 5.92 Å². The van der Waals surface area contributed by atoms with Crippen LogP contribution >= 0.6 is 0 Å². The Labute approximate surface area is 206 Å². The maximum atomic E-state index is 13.1. The van der Waals surface area contributed by atoms with E-state index in [9.17, 15) is 9.59 Å². The molecule has 35 heavy (non-hydrogen) atoms. The van der Waals surface area contributed by atoms with E-state index < -0.39 is 0 Å². The third kappa shape index (κ3) is 5.52. The molecule has 186 valence electrons. The number of carbonyl (C=O) groups excluding carboxylic acids is 2. The largest absolute Gasteiger partial charge is 0.486 e. The molecule has 0 N–H and O–H groups in total. The number of fused-ring (bicyclic) bond motifs is 1. The second-order valence-electron chi connectivity index (χ2n) is 9.70. The summed E-state index contributed by atoms with van der Waals surface area (Å²) in [6.07, 6.45) is 3.87. The Morgan fingerprint density at radius 2 is 1.51 bits per heavy atom. The minimum absolute atomic E-state index is 0.0442. The van der Waals surface area contributed by atoms with Gasteiger partial charge in [-0.3, -0.25) is 14.5 Å². The topological polar surface area (TPSA) is 68.3 Å². The van der Waals surface area contributed by atoms with Crippen LogP contribution in [0.1, 0.15) is 52.0 Å². The fraction of sp³-hybridized carbons (Fsp3) is 0.500. The number of likely N-dealkylation sites (tertiary alicyclic amines) is 2. The Kier molecular flexibility index (Phi) is 7.35. The van der Waals surface area contributed by atoms with Crippen LogP contribution in [0.5, 0.6) is 11.5 Å². The third-order valence-corrected chi connectivity index (χ3v) is 7.45. The number of ether oxygens (including phenoxy) is 3. The molecule has 5 rings (SSSR count). The molecule has 3 aliphatic heterocycles. The number of ketones is 1. The van der Waals surface area contributed by atoms with E-state index in [-0.39, 0.29) is 17.6 Å². The van der Waals surface area contributed by atoms with Gasteiger partial charge in [-0.2, -0.15) is 0 Å². The molecule has 0 aliphatic carbocycles. The molecule has 2 fully saturated rings. The second-order valence-corrected chi connectivity index (χ2v) is 9.70. The molecule has 3 heterocycles. The van der Waals surface area contributed by atoms with E-state index in [1.807, 2.05) is 29.2 Å². The summed E-state index contributed by atoms with van der Waals surface area (Å²) in [5.74, 6) is 1.41. The van der Waals surface area contributed by atoms with Gasteiger partial charge in [-0.15, -0.1) is 0 Å². The van der Waals surface area contributed by atoms with Crippen LogP contribution in [-0.4, -0.2) is 74.1 Å². The van der Waals surface area contributed by atoms with E-state index in [1.54, 1.807) is 13.2 Å². The smallest absolute Gasteiger partial charge is 0.253 e. The van der Waals surface area contributed by atoms with Crippen LogP contribution < -0.4 is 9.47 Å². The van der Waals surface area contributed by atoms with Crippen molar-refractivity contribution in [2.45, 2.75) is 38.3 Å². The average Bonchev–Trinajstić information content (AvgIpc) is 2.93. The number of amides is 1. The molecule has 0 aromatic heterocycles. The van der Waals surface area contributed by atoms with Gasteiger partial charge in [0.1, 0.15) is 13.2 Å². The summed E-state index contributed by atoms with van der Waals surface area (Å²) in [5.41, 5.74) is 2.59. The number of carbonyl (C=O) groups is 2. The first kappa shape index (κ1) is 23.8. The number of Topliss-reactive ketones (excluding diaryl/α,β-unsaturated/α-hetero) is 1. The Morgan fingerprint density at radius 3 is 2.20 bits per heavy atom. The highest BCUT2D eigenvalue weighted by Crippen LogP contribution is 2.32. The Bertz CT molecular complexity index is 1040. The number of hydrogen-bond donors (Lipinski definition) is 0. The number of hydrogen-bond acceptors (Lipinski definition) is 6. The molecule has 0 bridgehead atoms. The normalized spacial score (nSPS) is 19.5. The molecule has 0 atom stereocenters. The maximum absolute atomic E-state index is 13.1. The quantitative estimate of drug-likeness (QED) is 0.589. The van der Waals surface area contributed by atoms with Gasteiger partial charge < -0.3 is 19.1 Å². The summed E-state index contributed by atoms with van der Waals surface area (Å²) >= 11 is 0. The van der Waals surface area contributed by atoms with E-state index in [1.165, 1.54) is 5.56 Å². The van der Waals surface area contributed by atoms with Crippen molar-refractivity contribution in [2.24, 2.45) is 5.92 Å². The molecule has 2 saturated heterocycles. The van der Waals surface area contributed by atoms with Crippen LogP contribution in [-0.2, 0) is 11.3 Å². The number of nitrogens with zero attached hydrogens (tertiary/aromatic N) is 2. The van der Waals surface area contributed by atoms with E-state index in [2.05, 4.69) is 17.0 Å². The number of benzene rings is 2. The Morgan fingerprint density at radius 1 is 0.857 bits per heavy atom. The van der Waals surface area contributed by atoms with Gasteiger partial charge in [0.25, 0.3) is 5.91 Å². The maximum Gasteiger partial charge on any atom is 0.253 e. The summed E-state index contributed by atoms with van der Waals surface area (Å²) in [6.45, 7) is 5.20. The van der Waals surface area contributed by atoms with Crippen LogP contribution in [0.2, 0.25) is 0 Å². The van der Waals surface area contributed by atoms with E-state index in [0.717, 1.165) is 32.5 Å². The number of methoxy groups -OCH3 is 1. The fourth-order valence-corrected chi connectivity index (χ4v) is 5.27. The first-order valence-electron chi connectivity index (χ1n) is 12.7. The van der Waals surface area contributed by atoms with Crippen molar-refractivity contribution in [2.75, 3.05) is 46.5 Å². The molecule has 7 nitrogen and oxygen atoms in total. The van der Waals surface area contributed by atoms with Gasteiger partial charge in [0.15, 0.2) is 17.3 Å². The lowest BCUT2D eigenvalue weighted by Crippen LogP contribution is -2.40. The lowest BCUT2D eigenvalue weighted by Gasteiger charge is -2.32. The van der Waals surface area contributed by atoms with Crippen LogP contribution in [0.3, 0.4) is 0 Å². The second kappa shape index (κ2) is 10.8. The third-order valence-electron chi connectivity index (χ3n) is 7.45. The highest BCUT2D eigenvalue weighted by Gasteiger charge is 2.29. The zero-order valence-corrected chi connectivity index (χ0v) is 20.4. The van der Waals surface area contributed by atoms with Crippen molar-refractivity contribution in [3.63, 3.8) is 0 Å². The molecule has 7 heteroatoms. The molecule has 0 spiro atoms. The van der Waals surface area contributed by atoms with Crippen molar-refractivity contribution >= 4 is 11.7 Å². The molecule has 0 unspecified atom stereocenters. The predicted molar refractivity (Wildman–Crippen MR) is 132 cm³/mol. The molecular weight excluding hydrogens is 444 g/mol. The van der Waals surface area contributed by atoms with Gasteiger partial charge in [0.05, 0.1) is 6.10 Å². The van der Waals surface area contributed by atoms with Crippen molar-refractivity contribution in [3.05, 3.63) is 59.2 Å². The number of piperidine rings is 2. The van der Waals surface area contributed by atoms with Gasteiger partial charge >= 0.3 is 0 Å². The van der Waals surface area contributed by atoms with E-state index in [4.69, 9.17) is 14.2 Å². The first-order chi connectivity index (χ1) is 17.1. The summed E-state index contributed by atoms with van der Waals surface area (Å²) in [4.78, 5) is 30.4. The molecule has 1 amide bonds. The van der Waals surface area contributed by atoms with Crippen LogP contribution in [0.15, 0.2) is 42.5 Å². The molecule has 2 aromatic rings. The SMILES string of the molecule is COC1CCN(Cc2ccc(C(=O)N3CCC(C(=O)c4ccc5c(c4)OCCO5)CC3)cc2)CC1. The molecule has 0 saturated carbocycles. The lowest BCUT2D eigenvalue weighted by atomic mass is 9.88. The molecule has 3 aliphatic rings. The summed E-state index contributed by atoms with van der Waals surface area (Å²) < 4.78 is 16.6. The number of rotatable bonds is 6. The van der Waals surface area contributed by atoms with Gasteiger partial charge in [-0.25, -0.2) is 0 Å². The van der Waals surface area contributed by atoms with Crippen LogP contribution in [0.25, 0.3) is 0 Å². The summed E-state index contributed by atoms with van der Waals surface area (Å²) in [7, 11) is 1.79. The zero-order chi connectivity index (χ0) is 24.2. The summed E-state index contributed by atoms with van der Waals surface area (Å²) in [6, 6.07) is 13.4. The van der Waals surface area contributed by atoms with Crippen molar-refractivity contribution in [3.8, 4) is 11.5 Å². The summed E-state index contributed by atoms with van der Waals surface area (Å²) in [5, 5.41) is 0.